The van der Waals surface area contributed by atoms with Crippen LogP contribution in [0.4, 0.5) is 0 Å². The van der Waals surface area contributed by atoms with E-state index in [0.717, 1.165) is 0 Å². The fourth-order valence-corrected chi connectivity index (χ4v) is 3.07. The van der Waals surface area contributed by atoms with Crippen molar-refractivity contribution in [1.29, 1.82) is 0 Å². The van der Waals surface area contributed by atoms with Crippen molar-refractivity contribution in [2.45, 2.75) is 27.7 Å². The van der Waals surface area contributed by atoms with Gasteiger partial charge in [0.15, 0.2) is 0 Å². The van der Waals surface area contributed by atoms with Gasteiger partial charge < -0.3 is 0 Å². The molecule has 1 heteroatoms. The predicted octanol–water partition coefficient (Wildman–Crippen LogP) is 6.43. The van der Waals surface area contributed by atoms with Crippen LogP contribution in [0.1, 0.15) is 27.7 Å². The van der Waals surface area contributed by atoms with Crippen molar-refractivity contribution < 1.29 is 21.7 Å². The van der Waals surface area contributed by atoms with Crippen LogP contribution in [0.25, 0.3) is 21.5 Å². The molecule has 0 radical (unpaired) electrons. The third kappa shape index (κ3) is 3.54. The summed E-state index contributed by atoms with van der Waals surface area (Å²) < 4.78 is 0. The molecule has 1 atom stereocenters. The van der Waals surface area contributed by atoms with Crippen LogP contribution in [0.15, 0.2) is 71.3 Å². The molecule has 3 aromatic rings. The molecular weight excluding hydrogens is 312 g/mol. The largest absolute Gasteiger partial charge is 2.00 e. The Morgan fingerprint density at radius 2 is 1.30 bits per heavy atom. The van der Waals surface area contributed by atoms with E-state index in [1.165, 1.54) is 38.3 Å². The van der Waals surface area contributed by atoms with Crippen molar-refractivity contribution in [3.8, 4) is 0 Å². The minimum Gasteiger partial charge on any atom is -0.266 e. The molecule has 0 fully saturated rings. The van der Waals surface area contributed by atoms with Crippen LogP contribution in [0.5, 0.6) is 0 Å². The summed E-state index contributed by atoms with van der Waals surface area (Å²) in [6, 6.07) is 19.3. The summed E-state index contributed by atoms with van der Waals surface area (Å²) >= 11 is 0. The Morgan fingerprint density at radius 1 is 0.826 bits per heavy atom. The first-order valence-corrected chi connectivity index (χ1v) is 7.89. The molecule has 1 aliphatic rings. The molecule has 1 unspecified atom stereocenters. The van der Waals surface area contributed by atoms with Crippen LogP contribution in [-0.4, -0.2) is 0 Å². The average molecular weight is 334 g/mol. The van der Waals surface area contributed by atoms with Gasteiger partial charge in [0.1, 0.15) is 0 Å². The molecule has 0 amide bonds. The standard InChI is InChI=1S/C13H9.C9H13.Ti/c1-3-7-12-10(5-1)9-11-6-2-4-8-13(11)12;1-6-5-7(2)9(4)8(6)3;/h1-9H;6H,1-4H3;/q2*-1;+2. The number of benzene rings is 2. The second-order valence-electron chi connectivity index (χ2n) is 6.12. The zero-order chi connectivity index (χ0) is 15.7. The SMILES string of the molecule is CC1=[C-]C(C)C(C)=C1C.[Ti+2].c1ccc2c(c1)[cH-]c1ccccc12. The number of allylic oxidation sites excluding steroid dienone is 4. The van der Waals surface area contributed by atoms with Gasteiger partial charge in [0, 0.05) is 0 Å². The minimum absolute atomic E-state index is 0. The van der Waals surface area contributed by atoms with Gasteiger partial charge >= 0.3 is 21.7 Å². The smallest absolute Gasteiger partial charge is 0.266 e. The Hall–Kier alpha value is -1.50. The molecule has 0 saturated heterocycles. The van der Waals surface area contributed by atoms with E-state index < -0.39 is 0 Å². The van der Waals surface area contributed by atoms with Gasteiger partial charge in [-0.1, -0.05) is 63.1 Å². The van der Waals surface area contributed by atoms with Gasteiger partial charge in [0.2, 0.25) is 0 Å². The summed E-state index contributed by atoms with van der Waals surface area (Å²) in [5.74, 6) is 0.560. The number of fused-ring (bicyclic) bond motifs is 3. The molecule has 0 bridgehead atoms. The molecule has 0 aliphatic heterocycles. The van der Waals surface area contributed by atoms with Crippen LogP contribution in [0, 0.1) is 12.0 Å². The molecular formula is C22H22Ti. The molecule has 1 aliphatic carbocycles. The van der Waals surface area contributed by atoms with Crippen molar-refractivity contribution in [1.82, 2.24) is 0 Å². The fourth-order valence-electron chi connectivity index (χ4n) is 3.07. The van der Waals surface area contributed by atoms with E-state index in [1.807, 2.05) is 0 Å². The number of rotatable bonds is 0. The Labute approximate surface area is 154 Å². The minimum atomic E-state index is 0. The molecule has 0 nitrogen and oxygen atoms in total. The van der Waals surface area contributed by atoms with Gasteiger partial charge in [-0.25, -0.2) is 5.57 Å². The van der Waals surface area contributed by atoms with Gasteiger partial charge in [-0.15, -0.1) is 46.7 Å². The van der Waals surface area contributed by atoms with E-state index in [0.29, 0.717) is 5.92 Å². The van der Waals surface area contributed by atoms with Crippen LogP contribution < -0.4 is 0 Å². The predicted molar refractivity (Wildman–Crippen MR) is 97.0 cm³/mol. The van der Waals surface area contributed by atoms with E-state index in [1.54, 1.807) is 0 Å². The summed E-state index contributed by atoms with van der Waals surface area (Å²) in [5, 5.41) is 5.39. The maximum atomic E-state index is 3.36. The zero-order valence-electron chi connectivity index (χ0n) is 14.3. The molecule has 23 heavy (non-hydrogen) atoms. The van der Waals surface area contributed by atoms with E-state index in [4.69, 9.17) is 0 Å². The van der Waals surface area contributed by atoms with Crippen molar-refractivity contribution >= 4 is 21.5 Å². The van der Waals surface area contributed by atoms with Gasteiger partial charge in [-0.2, -0.15) is 11.1 Å². The normalized spacial score (nSPS) is 16.9. The molecule has 114 valence electrons. The van der Waals surface area contributed by atoms with Gasteiger partial charge in [-0.3, -0.25) is 6.08 Å². The first kappa shape index (κ1) is 17.9. The van der Waals surface area contributed by atoms with Crippen LogP contribution in [0.2, 0.25) is 0 Å². The third-order valence-electron chi connectivity index (χ3n) is 4.76. The number of hydrogen-bond acceptors (Lipinski definition) is 0. The Balaban J connectivity index is 0.000000171. The Morgan fingerprint density at radius 3 is 1.65 bits per heavy atom. The van der Waals surface area contributed by atoms with E-state index >= 15 is 0 Å². The van der Waals surface area contributed by atoms with Crippen molar-refractivity contribution in [2.75, 3.05) is 0 Å². The summed E-state index contributed by atoms with van der Waals surface area (Å²) in [6.07, 6.45) is 3.36. The average Bonchev–Trinajstić information content (AvgIpc) is 3.01. The van der Waals surface area contributed by atoms with Gasteiger partial charge in [0.25, 0.3) is 0 Å². The van der Waals surface area contributed by atoms with E-state index in [2.05, 4.69) is 88.4 Å². The molecule has 0 heterocycles. The molecule has 0 saturated carbocycles. The summed E-state index contributed by atoms with van der Waals surface area (Å²) in [5.41, 5.74) is 4.25. The topological polar surface area (TPSA) is 0 Å². The Bertz CT molecular complexity index is 827. The van der Waals surface area contributed by atoms with Crippen molar-refractivity contribution in [3.05, 3.63) is 77.4 Å². The van der Waals surface area contributed by atoms with Crippen molar-refractivity contribution in [2.24, 2.45) is 5.92 Å². The summed E-state index contributed by atoms with van der Waals surface area (Å²) in [6.45, 7) is 8.67. The maximum Gasteiger partial charge on any atom is 2.00 e. The molecule has 4 rings (SSSR count). The monoisotopic (exact) mass is 334 g/mol. The second-order valence-corrected chi connectivity index (χ2v) is 6.12. The molecule has 0 aromatic heterocycles. The maximum absolute atomic E-state index is 3.36. The summed E-state index contributed by atoms with van der Waals surface area (Å²) in [4.78, 5) is 0. The first-order valence-electron chi connectivity index (χ1n) is 7.89. The van der Waals surface area contributed by atoms with Gasteiger partial charge in [0.05, 0.1) is 0 Å². The second kappa shape index (κ2) is 7.38. The first-order chi connectivity index (χ1) is 10.6. The van der Waals surface area contributed by atoms with Crippen LogP contribution >= 0.6 is 0 Å². The Kier molecular flexibility index (Phi) is 5.73. The van der Waals surface area contributed by atoms with Crippen molar-refractivity contribution in [3.63, 3.8) is 0 Å². The van der Waals surface area contributed by atoms with E-state index in [9.17, 15) is 0 Å². The van der Waals surface area contributed by atoms with Crippen LogP contribution in [-0.2, 0) is 21.7 Å². The molecule has 0 N–H and O–H groups in total. The summed E-state index contributed by atoms with van der Waals surface area (Å²) in [7, 11) is 0. The quantitative estimate of drug-likeness (QED) is 0.328. The molecule has 3 aromatic carbocycles. The fraction of sp³-hybridized carbons (Fsp3) is 0.227. The van der Waals surface area contributed by atoms with Crippen LogP contribution in [0.3, 0.4) is 0 Å². The zero-order valence-corrected chi connectivity index (χ0v) is 15.8. The van der Waals surface area contributed by atoms with Gasteiger partial charge in [-0.05, 0) is 0 Å². The third-order valence-corrected chi connectivity index (χ3v) is 4.76. The van der Waals surface area contributed by atoms with E-state index in [-0.39, 0.29) is 21.7 Å². The molecule has 0 spiro atoms. The number of hydrogen-bond donors (Lipinski definition) is 0.